The Hall–Kier alpha value is -0.866. The molecule has 1 aliphatic rings. The first kappa shape index (κ1) is 15.5. The minimum absolute atomic E-state index is 1.11. The van der Waals surface area contributed by atoms with Crippen molar-refractivity contribution in [3.63, 3.8) is 0 Å². The first-order valence-electron chi connectivity index (χ1n) is 7.67. The Labute approximate surface area is 126 Å². The summed E-state index contributed by atoms with van der Waals surface area (Å²) in [6, 6.07) is 9.40. The Morgan fingerprint density at radius 1 is 0.800 bits per heavy atom. The normalized spacial score (nSPS) is 16.1. The molecule has 2 rings (SSSR count). The van der Waals surface area contributed by atoms with Crippen molar-refractivity contribution in [1.82, 2.24) is 0 Å². The lowest BCUT2D eigenvalue weighted by Gasteiger charge is -2.22. The fourth-order valence-corrected chi connectivity index (χ4v) is 5.91. The lowest BCUT2D eigenvalue weighted by atomic mass is 10.1. The van der Waals surface area contributed by atoms with Crippen molar-refractivity contribution in [2.45, 2.75) is 52.1 Å². The van der Waals surface area contributed by atoms with E-state index in [-0.39, 0.29) is 0 Å². The minimum atomic E-state index is -1.18. The SMILES string of the molecule is C[Si](C)(C)C1=CCC=C1Cc1ccc([Si](C)(C)C)cc1. The Bertz CT molecular complexity index is 534. The smallest absolute Gasteiger partial charge is 0.0775 e. The second kappa shape index (κ2) is 5.49. The van der Waals surface area contributed by atoms with Crippen LogP contribution >= 0.6 is 0 Å². The van der Waals surface area contributed by atoms with Gasteiger partial charge in [-0.1, -0.05) is 86.1 Å². The highest BCUT2D eigenvalue weighted by molar-refractivity contribution is 6.88. The number of rotatable bonds is 4. The van der Waals surface area contributed by atoms with Crippen LogP contribution in [0.2, 0.25) is 39.3 Å². The average molecular weight is 301 g/mol. The lowest BCUT2D eigenvalue weighted by molar-refractivity contribution is 1.18. The summed E-state index contributed by atoms with van der Waals surface area (Å²) in [5.74, 6) is 0. The second-order valence-electron chi connectivity index (χ2n) is 7.96. The van der Waals surface area contributed by atoms with Gasteiger partial charge in [0.25, 0.3) is 0 Å². The van der Waals surface area contributed by atoms with Crippen molar-refractivity contribution >= 4 is 21.3 Å². The van der Waals surface area contributed by atoms with Gasteiger partial charge in [-0.05, 0) is 24.0 Å². The zero-order chi connectivity index (χ0) is 15.0. The van der Waals surface area contributed by atoms with Crippen LogP contribution in [0, 0.1) is 0 Å². The van der Waals surface area contributed by atoms with Crippen LogP contribution in [-0.4, -0.2) is 16.1 Å². The van der Waals surface area contributed by atoms with Gasteiger partial charge in [-0.2, -0.15) is 0 Å². The maximum Gasteiger partial charge on any atom is 0.0775 e. The van der Waals surface area contributed by atoms with Crippen LogP contribution in [0.3, 0.4) is 0 Å². The summed E-state index contributed by atoms with van der Waals surface area (Å²) in [6.07, 6.45) is 7.14. The van der Waals surface area contributed by atoms with Crippen LogP contribution in [0.4, 0.5) is 0 Å². The van der Waals surface area contributed by atoms with E-state index in [0.29, 0.717) is 0 Å². The van der Waals surface area contributed by atoms with Crippen LogP contribution in [0.5, 0.6) is 0 Å². The molecule has 0 radical (unpaired) electrons. The third kappa shape index (κ3) is 3.61. The molecular formula is C18H28Si2. The van der Waals surface area contributed by atoms with E-state index in [0.717, 1.165) is 12.8 Å². The van der Waals surface area contributed by atoms with Gasteiger partial charge in [0.2, 0.25) is 0 Å². The average Bonchev–Trinajstić information content (AvgIpc) is 2.76. The Morgan fingerprint density at radius 2 is 1.40 bits per heavy atom. The summed E-state index contributed by atoms with van der Waals surface area (Å²) in [7, 11) is -2.35. The number of hydrogen-bond donors (Lipinski definition) is 0. The molecule has 108 valence electrons. The molecule has 0 atom stereocenters. The first-order chi connectivity index (χ1) is 9.18. The van der Waals surface area contributed by atoms with Crippen molar-refractivity contribution in [3.05, 3.63) is 52.8 Å². The molecule has 0 aliphatic heterocycles. The molecule has 0 amide bonds. The molecule has 0 nitrogen and oxygen atoms in total. The summed E-state index contributed by atoms with van der Waals surface area (Å²) in [4.78, 5) is 0. The summed E-state index contributed by atoms with van der Waals surface area (Å²) in [5.41, 5.74) is 3.05. The number of allylic oxidation sites excluding steroid dienone is 4. The minimum Gasteiger partial charge on any atom is -0.0812 e. The molecule has 0 N–H and O–H groups in total. The molecule has 20 heavy (non-hydrogen) atoms. The largest absolute Gasteiger partial charge is 0.0812 e. The van der Waals surface area contributed by atoms with E-state index < -0.39 is 16.1 Å². The molecule has 0 fully saturated rings. The maximum atomic E-state index is 2.46. The van der Waals surface area contributed by atoms with Crippen LogP contribution in [0.1, 0.15) is 12.0 Å². The summed E-state index contributed by atoms with van der Waals surface area (Å²) in [5, 5.41) is 3.23. The molecule has 0 aromatic heterocycles. The molecule has 1 aromatic rings. The van der Waals surface area contributed by atoms with Crippen molar-refractivity contribution in [1.29, 1.82) is 0 Å². The van der Waals surface area contributed by atoms with Gasteiger partial charge in [-0.3, -0.25) is 0 Å². The molecule has 0 bridgehead atoms. The van der Waals surface area contributed by atoms with Gasteiger partial charge in [0, 0.05) is 0 Å². The maximum absolute atomic E-state index is 2.46. The third-order valence-electron chi connectivity index (χ3n) is 4.05. The first-order valence-corrected chi connectivity index (χ1v) is 14.7. The molecule has 1 aliphatic carbocycles. The topological polar surface area (TPSA) is 0 Å². The lowest BCUT2D eigenvalue weighted by Crippen LogP contribution is -2.37. The van der Waals surface area contributed by atoms with Crippen molar-refractivity contribution in [2.75, 3.05) is 0 Å². The monoisotopic (exact) mass is 300 g/mol. The molecular weight excluding hydrogens is 272 g/mol. The highest BCUT2D eigenvalue weighted by atomic mass is 28.3. The summed E-state index contributed by atoms with van der Waals surface area (Å²) < 4.78 is 0. The third-order valence-corrected chi connectivity index (χ3v) is 8.26. The van der Waals surface area contributed by atoms with E-state index in [1.807, 2.05) is 0 Å². The molecule has 0 unspecified atom stereocenters. The number of hydrogen-bond acceptors (Lipinski definition) is 0. The molecule has 0 saturated heterocycles. The fourth-order valence-electron chi connectivity index (χ4n) is 2.86. The predicted octanol–water partition coefficient (Wildman–Crippen LogP) is 4.91. The van der Waals surface area contributed by atoms with Crippen molar-refractivity contribution < 1.29 is 0 Å². The summed E-state index contributed by atoms with van der Waals surface area (Å²) in [6.45, 7) is 14.6. The van der Waals surface area contributed by atoms with E-state index in [9.17, 15) is 0 Å². The Kier molecular flexibility index (Phi) is 4.26. The van der Waals surface area contributed by atoms with Gasteiger partial charge < -0.3 is 0 Å². The van der Waals surface area contributed by atoms with Crippen LogP contribution in [-0.2, 0) is 6.42 Å². The van der Waals surface area contributed by atoms with E-state index >= 15 is 0 Å². The van der Waals surface area contributed by atoms with Gasteiger partial charge in [-0.25, -0.2) is 0 Å². The van der Waals surface area contributed by atoms with Crippen molar-refractivity contribution in [3.8, 4) is 0 Å². The highest BCUT2D eigenvalue weighted by Crippen LogP contribution is 2.30. The zero-order valence-corrected chi connectivity index (χ0v) is 15.9. The predicted molar refractivity (Wildman–Crippen MR) is 97.3 cm³/mol. The van der Waals surface area contributed by atoms with Crippen molar-refractivity contribution in [2.24, 2.45) is 0 Å². The van der Waals surface area contributed by atoms with Gasteiger partial charge >= 0.3 is 0 Å². The Balaban J connectivity index is 2.14. The van der Waals surface area contributed by atoms with Crippen LogP contribution < -0.4 is 5.19 Å². The second-order valence-corrected chi connectivity index (χ2v) is 18.1. The highest BCUT2D eigenvalue weighted by Gasteiger charge is 2.24. The van der Waals surface area contributed by atoms with E-state index in [1.54, 1.807) is 16.0 Å². The summed E-state index contributed by atoms with van der Waals surface area (Å²) >= 11 is 0. The van der Waals surface area contributed by atoms with Gasteiger partial charge in [0.05, 0.1) is 16.1 Å². The van der Waals surface area contributed by atoms with Gasteiger partial charge in [0.1, 0.15) is 0 Å². The molecule has 0 heterocycles. The zero-order valence-electron chi connectivity index (χ0n) is 13.9. The molecule has 0 spiro atoms. The van der Waals surface area contributed by atoms with Crippen LogP contribution in [0.25, 0.3) is 0 Å². The van der Waals surface area contributed by atoms with Crippen LogP contribution in [0.15, 0.2) is 47.2 Å². The molecule has 0 saturated carbocycles. The molecule has 1 aromatic carbocycles. The number of benzene rings is 1. The standard InChI is InChI=1S/C18H28Si2/c1-19(2,3)17-12-10-15(11-13-17)14-16-8-7-9-18(16)20(4,5)6/h8-13H,7,14H2,1-6H3. The van der Waals surface area contributed by atoms with Gasteiger partial charge in [0.15, 0.2) is 0 Å². The van der Waals surface area contributed by atoms with E-state index in [2.05, 4.69) is 75.7 Å². The van der Waals surface area contributed by atoms with Gasteiger partial charge in [-0.15, -0.1) is 0 Å². The van der Waals surface area contributed by atoms with E-state index in [1.165, 1.54) is 5.56 Å². The Morgan fingerprint density at radius 3 is 1.90 bits per heavy atom. The quantitative estimate of drug-likeness (QED) is 0.693. The van der Waals surface area contributed by atoms with E-state index in [4.69, 9.17) is 0 Å². The fraction of sp³-hybridized carbons (Fsp3) is 0.444. The molecule has 2 heteroatoms.